The Hall–Kier alpha value is -3.26. The van der Waals surface area contributed by atoms with Crippen molar-refractivity contribution in [1.29, 1.82) is 0 Å². The summed E-state index contributed by atoms with van der Waals surface area (Å²) in [5.41, 5.74) is 4.23. The minimum absolute atomic E-state index is 0.200. The third kappa shape index (κ3) is 4.11. The fraction of sp³-hybridized carbons (Fsp3) is 0.360. The highest BCUT2D eigenvalue weighted by atomic mass is 19.3. The van der Waals surface area contributed by atoms with Crippen molar-refractivity contribution in [3.63, 3.8) is 0 Å². The number of carbonyl (C=O) groups excluding carboxylic acids is 1. The van der Waals surface area contributed by atoms with Crippen LogP contribution in [-0.2, 0) is 20.1 Å². The molecule has 8 heteroatoms. The lowest BCUT2D eigenvalue weighted by Crippen LogP contribution is -2.48. The summed E-state index contributed by atoms with van der Waals surface area (Å²) in [7, 11) is 1.87. The summed E-state index contributed by atoms with van der Waals surface area (Å²) >= 11 is 0. The van der Waals surface area contributed by atoms with Crippen molar-refractivity contribution >= 4 is 5.91 Å². The van der Waals surface area contributed by atoms with Crippen LogP contribution in [0.15, 0.2) is 54.9 Å². The normalized spacial score (nSPS) is 21.8. The largest absolute Gasteiger partial charge is 0.487 e. The molecule has 1 N–H and O–H groups in total. The quantitative estimate of drug-likeness (QED) is 0.630. The van der Waals surface area contributed by atoms with Gasteiger partial charge in [-0.15, -0.1) is 0 Å². The van der Waals surface area contributed by atoms with Gasteiger partial charge in [-0.1, -0.05) is 36.4 Å². The Morgan fingerprint density at radius 2 is 1.97 bits per heavy atom. The van der Waals surface area contributed by atoms with E-state index >= 15 is 0 Å². The van der Waals surface area contributed by atoms with E-state index in [0.29, 0.717) is 25.1 Å². The summed E-state index contributed by atoms with van der Waals surface area (Å²) in [4.78, 5) is 14.9. The Bertz CT molecular complexity index is 1180. The molecule has 1 fully saturated rings. The van der Waals surface area contributed by atoms with E-state index in [9.17, 15) is 18.7 Å². The molecule has 5 rings (SSSR count). The van der Waals surface area contributed by atoms with Crippen LogP contribution in [0.4, 0.5) is 8.78 Å². The Morgan fingerprint density at radius 1 is 1.18 bits per heavy atom. The van der Waals surface area contributed by atoms with Gasteiger partial charge in [-0.05, 0) is 35.6 Å². The zero-order valence-corrected chi connectivity index (χ0v) is 18.2. The van der Waals surface area contributed by atoms with Crippen molar-refractivity contribution in [1.82, 2.24) is 14.7 Å². The number of halogens is 2. The Labute approximate surface area is 190 Å². The van der Waals surface area contributed by atoms with Gasteiger partial charge in [0, 0.05) is 38.3 Å². The minimum atomic E-state index is -3.18. The average molecular weight is 453 g/mol. The van der Waals surface area contributed by atoms with E-state index in [2.05, 4.69) is 5.10 Å². The number of aromatic nitrogens is 2. The van der Waals surface area contributed by atoms with Crippen LogP contribution in [-0.4, -0.2) is 43.8 Å². The number of amides is 1. The van der Waals surface area contributed by atoms with E-state index in [1.807, 2.05) is 43.6 Å². The smallest absolute Gasteiger partial charge is 0.277 e. The number of carbonyl (C=O) groups is 1. The van der Waals surface area contributed by atoms with Crippen molar-refractivity contribution in [2.75, 3.05) is 0 Å². The number of benzene rings is 2. The van der Waals surface area contributed by atoms with Crippen molar-refractivity contribution < 1.29 is 23.4 Å². The highest BCUT2D eigenvalue weighted by Gasteiger charge is 2.47. The van der Waals surface area contributed by atoms with Crippen LogP contribution in [0.25, 0.3) is 11.1 Å². The molecule has 6 nitrogen and oxygen atoms in total. The van der Waals surface area contributed by atoms with Gasteiger partial charge in [-0.2, -0.15) is 5.10 Å². The third-order valence-corrected chi connectivity index (χ3v) is 6.40. The zero-order valence-electron chi connectivity index (χ0n) is 18.2. The standard InChI is InChI=1S/C25H25F2N3O3/c1-29-14-19(12-28-29)17-9-7-16(8-10-17)13-30-15-18-4-2-5-20(22(18)24(30)32)33-21-6-3-11-25(26,27)23(21)31/h2,4-5,7-10,12,14,21,23,31H,3,6,11,13,15H2,1H3. The second-order valence-corrected chi connectivity index (χ2v) is 8.81. The fourth-order valence-corrected chi connectivity index (χ4v) is 4.61. The number of rotatable bonds is 5. The molecule has 0 radical (unpaired) electrons. The van der Waals surface area contributed by atoms with Crippen molar-refractivity contribution in [3.05, 3.63) is 71.5 Å². The maximum absolute atomic E-state index is 13.9. The van der Waals surface area contributed by atoms with Crippen LogP contribution in [0.2, 0.25) is 0 Å². The van der Waals surface area contributed by atoms with Gasteiger partial charge in [0.05, 0.1) is 11.8 Å². The molecule has 1 saturated carbocycles. The SMILES string of the molecule is Cn1cc(-c2ccc(CN3Cc4cccc(OC5CCCC(F)(F)C5O)c4C3=O)cc2)cn1. The first-order valence-corrected chi connectivity index (χ1v) is 11.0. The molecule has 2 heterocycles. The number of hydrogen-bond acceptors (Lipinski definition) is 4. The molecule has 1 aliphatic heterocycles. The van der Waals surface area contributed by atoms with E-state index in [1.54, 1.807) is 27.9 Å². The molecule has 1 amide bonds. The van der Waals surface area contributed by atoms with Gasteiger partial charge < -0.3 is 14.7 Å². The summed E-state index contributed by atoms with van der Waals surface area (Å²) in [6.45, 7) is 0.837. The molecule has 2 atom stereocenters. The predicted molar refractivity (Wildman–Crippen MR) is 118 cm³/mol. The lowest BCUT2D eigenvalue weighted by molar-refractivity contribution is -0.169. The van der Waals surface area contributed by atoms with Crippen LogP contribution in [0.5, 0.6) is 5.75 Å². The number of ether oxygens (including phenoxy) is 1. The van der Waals surface area contributed by atoms with Crippen molar-refractivity contribution in [2.45, 2.75) is 50.5 Å². The molecule has 1 aromatic heterocycles. The number of aliphatic hydroxyl groups is 1. The zero-order chi connectivity index (χ0) is 23.2. The molecule has 0 saturated heterocycles. The molecule has 2 aliphatic rings. The average Bonchev–Trinajstić information content (AvgIpc) is 3.36. The van der Waals surface area contributed by atoms with Gasteiger partial charge >= 0.3 is 0 Å². The van der Waals surface area contributed by atoms with Gasteiger partial charge in [0.15, 0.2) is 6.10 Å². The van der Waals surface area contributed by atoms with Crippen LogP contribution >= 0.6 is 0 Å². The van der Waals surface area contributed by atoms with E-state index in [0.717, 1.165) is 22.3 Å². The first-order chi connectivity index (χ1) is 15.8. The summed E-state index contributed by atoms with van der Waals surface area (Å²) in [5.74, 6) is -3.12. The predicted octanol–water partition coefficient (Wildman–Crippen LogP) is 4.17. The van der Waals surface area contributed by atoms with Crippen LogP contribution in [0, 0.1) is 0 Å². The Kier molecular flexibility index (Phi) is 5.40. The van der Waals surface area contributed by atoms with Gasteiger partial charge in [0.1, 0.15) is 11.9 Å². The molecule has 1 aliphatic carbocycles. The minimum Gasteiger partial charge on any atom is -0.487 e. The first kappa shape index (κ1) is 21.6. The Morgan fingerprint density at radius 3 is 2.70 bits per heavy atom. The Balaban J connectivity index is 1.31. The van der Waals surface area contributed by atoms with E-state index in [-0.39, 0.29) is 24.5 Å². The summed E-state index contributed by atoms with van der Waals surface area (Å²) in [6, 6.07) is 13.2. The number of hydrogen-bond donors (Lipinski definition) is 1. The lowest BCUT2D eigenvalue weighted by Gasteiger charge is -2.34. The fourth-order valence-electron chi connectivity index (χ4n) is 4.61. The molecule has 172 valence electrons. The van der Waals surface area contributed by atoms with Crippen LogP contribution in [0.3, 0.4) is 0 Å². The van der Waals surface area contributed by atoms with E-state index in [4.69, 9.17) is 4.74 Å². The molecule has 2 aromatic carbocycles. The summed E-state index contributed by atoms with van der Waals surface area (Å²) < 4.78 is 35.4. The first-order valence-electron chi connectivity index (χ1n) is 11.0. The second-order valence-electron chi connectivity index (χ2n) is 8.81. The monoisotopic (exact) mass is 453 g/mol. The third-order valence-electron chi connectivity index (χ3n) is 6.40. The molecular formula is C25H25F2N3O3. The maximum atomic E-state index is 13.9. The lowest BCUT2D eigenvalue weighted by atomic mass is 9.91. The molecule has 33 heavy (non-hydrogen) atoms. The molecule has 0 bridgehead atoms. The van der Waals surface area contributed by atoms with Crippen LogP contribution in [0.1, 0.15) is 40.7 Å². The van der Waals surface area contributed by atoms with Crippen molar-refractivity contribution in [3.8, 4) is 16.9 Å². The molecular weight excluding hydrogens is 428 g/mol. The van der Waals surface area contributed by atoms with Gasteiger partial charge in [-0.25, -0.2) is 8.78 Å². The topological polar surface area (TPSA) is 67.6 Å². The maximum Gasteiger partial charge on any atom is 0.277 e. The molecule has 0 spiro atoms. The number of nitrogens with zero attached hydrogens (tertiary/aromatic N) is 3. The number of aryl methyl sites for hydroxylation is 1. The summed E-state index contributed by atoms with van der Waals surface area (Å²) in [6.07, 6.45) is 1.05. The number of aliphatic hydroxyl groups excluding tert-OH is 1. The second kappa shape index (κ2) is 8.26. The van der Waals surface area contributed by atoms with Gasteiger partial charge in [0.25, 0.3) is 11.8 Å². The van der Waals surface area contributed by atoms with Crippen molar-refractivity contribution in [2.24, 2.45) is 7.05 Å². The number of fused-ring (bicyclic) bond motifs is 1. The molecule has 2 unspecified atom stereocenters. The van der Waals surface area contributed by atoms with Gasteiger partial charge in [0.2, 0.25) is 0 Å². The molecule has 3 aromatic rings. The number of alkyl halides is 2. The highest BCUT2D eigenvalue weighted by molar-refractivity contribution is 6.01. The van der Waals surface area contributed by atoms with E-state index < -0.39 is 18.1 Å². The van der Waals surface area contributed by atoms with Crippen LogP contribution < -0.4 is 4.74 Å². The highest BCUT2D eigenvalue weighted by Crippen LogP contribution is 2.38. The van der Waals surface area contributed by atoms with Gasteiger partial charge in [-0.3, -0.25) is 9.48 Å². The van der Waals surface area contributed by atoms with E-state index in [1.165, 1.54) is 0 Å². The summed E-state index contributed by atoms with van der Waals surface area (Å²) in [5, 5.41) is 14.2.